The summed E-state index contributed by atoms with van der Waals surface area (Å²) in [5, 5.41) is 2.92. The molecule has 0 amide bonds. The molecule has 3 heteroatoms. The van der Waals surface area contributed by atoms with Crippen LogP contribution in [-0.4, -0.2) is 25.3 Å². The molecule has 1 atom stereocenters. The van der Waals surface area contributed by atoms with E-state index < -0.39 is 0 Å². The van der Waals surface area contributed by atoms with Gasteiger partial charge in [-0.15, -0.1) is 0 Å². The van der Waals surface area contributed by atoms with Crippen LogP contribution in [0.1, 0.15) is 0 Å². The molecule has 1 unspecified atom stereocenters. The van der Waals surface area contributed by atoms with Gasteiger partial charge in [-0.25, -0.2) is 4.79 Å². The second-order valence-corrected chi connectivity index (χ2v) is 1.53. The molecule has 1 N–H and O–H groups in total. The highest BCUT2D eigenvalue weighted by Gasteiger charge is 2.09. The van der Waals surface area contributed by atoms with Crippen LogP contribution in [0.15, 0.2) is 6.08 Å². The fourth-order valence-electron chi connectivity index (χ4n) is 0.615. The summed E-state index contributed by atoms with van der Waals surface area (Å²) in [6, 6.07) is 0. The van der Waals surface area contributed by atoms with E-state index in [0.29, 0.717) is 6.61 Å². The van der Waals surface area contributed by atoms with Crippen molar-refractivity contribution in [2.75, 3.05) is 13.2 Å². The van der Waals surface area contributed by atoms with E-state index in [9.17, 15) is 4.79 Å². The highest BCUT2D eigenvalue weighted by Crippen LogP contribution is 1.92. The van der Waals surface area contributed by atoms with Crippen molar-refractivity contribution in [3.05, 3.63) is 6.08 Å². The smallest absolute Gasteiger partial charge is 0.138 e. The van der Waals surface area contributed by atoms with Gasteiger partial charge in [0.05, 0.1) is 6.61 Å². The zero-order chi connectivity index (χ0) is 5.82. The second kappa shape index (κ2) is 2.62. The molecule has 0 spiro atoms. The molecule has 0 aromatic heterocycles. The SMILES string of the molecule is O=C=CC1NCCO1. The maximum atomic E-state index is 9.66. The molecule has 0 bridgehead atoms. The van der Waals surface area contributed by atoms with E-state index in [4.69, 9.17) is 4.74 Å². The molecule has 0 radical (unpaired) electrons. The van der Waals surface area contributed by atoms with Gasteiger partial charge in [-0.05, 0) is 0 Å². The van der Waals surface area contributed by atoms with Crippen LogP contribution in [0.2, 0.25) is 0 Å². The quantitative estimate of drug-likeness (QED) is 0.458. The molecule has 0 aromatic carbocycles. The molecule has 1 fully saturated rings. The second-order valence-electron chi connectivity index (χ2n) is 1.53. The van der Waals surface area contributed by atoms with Gasteiger partial charge < -0.3 is 4.74 Å². The fourth-order valence-corrected chi connectivity index (χ4v) is 0.615. The van der Waals surface area contributed by atoms with Gasteiger partial charge in [0.15, 0.2) is 0 Å². The summed E-state index contributed by atoms with van der Waals surface area (Å²) in [6.07, 6.45) is 1.14. The van der Waals surface area contributed by atoms with Gasteiger partial charge in [0.25, 0.3) is 0 Å². The molecular formula is C5H7NO2. The van der Waals surface area contributed by atoms with Crippen molar-refractivity contribution in [1.29, 1.82) is 0 Å². The lowest BCUT2D eigenvalue weighted by molar-refractivity contribution is 0.139. The Morgan fingerprint density at radius 1 is 1.88 bits per heavy atom. The van der Waals surface area contributed by atoms with Crippen molar-refractivity contribution in [1.82, 2.24) is 5.32 Å². The highest BCUT2D eigenvalue weighted by atomic mass is 16.5. The number of rotatable bonds is 1. The molecule has 0 saturated carbocycles. The molecule has 0 aromatic rings. The van der Waals surface area contributed by atoms with Crippen LogP contribution in [0.5, 0.6) is 0 Å². The van der Waals surface area contributed by atoms with Gasteiger partial charge in [0, 0.05) is 12.6 Å². The average molecular weight is 113 g/mol. The van der Waals surface area contributed by atoms with Crippen LogP contribution < -0.4 is 5.32 Å². The first-order valence-electron chi connectivity index (χ1n) is 2.49. The Hall–Kier alpha value is -0.630. The van der Waals surface area contributed by atoms with E-state index in [2.05, 4.69) is 5.32 Å². The Morgan fingerprint density at radius 2 is 2.75 bits per heavy atom. The van der Waals surface area contributed by atoms with Crippen LogP contribution in [-0.2, 0) is 9.53 Å². The summed E-state index contributed by atoms with van der Waals surface area (Å²) >= 11 is 0. The summed E-state index contributed by atoms with van der Waals surface area (Å²) < 4.78 is 4.96. The lowest BCUT2D eigenvalue weighted by Crippen LogP contribution is -2.19. The van der Waals surface area contributed by atoms with Crippen LogP contribution in [0.25, 0.3) is 0 Å². The minimum absolute atomic E-state index is 0.188. The third-order valence-electron chi connectivity index (χ3n) is 0.964. The fraction of sp³-hybridized carbons (Fsp3) is 0.600. The molecule has 3 nitrogen and oxygen atoms in total. The summed E-state index contributed by atoms with van der Waals surface area (Å²) in [6.45, 7) is 1.51. The molecule has 1 aliphatic rings. The molecule has 1 saturated heterocycles. The van der Waals surface area contributed by atoms with Crippen LogP contribution in [0, 0.1) is 0 Å². The van der Waals surface area contributed by atoms with E-state index in [0.717, 1.165) is 6.54 Å². The minimum atomic E-state index is -0.188. The van der Waals surface area contributed by atoms with Crippen molar-refractivity contribution in [3.63, 3.8) is 0 Å². The van der Waals surface area contributed by atoms with Crippen molar-refractivity contribution in [2.45, 2.75) is 6.23 Å². The summed E-state index contributed by atoms with van der Waals surface area (Å²) in [5.41, 5.74) is 0. The molecule has 44 valence electrons. The number of carbonyl (C=O) groups excluding carboxylic acids is 1. The average Bonchev–Trinajstić information content (AvgIpc) is 2.19. The first-order chi connectivity index (χ1) is 3.93. The normalized spacial score (nSPS) is 27.2. The van der Waals surface area contributed by atoms with Crippen molar-refractivity contribution < 1.29 is 9.53 Å². The van der Waals surface area contributed by atoms with Crippen molar-refractivity contribution in [3.8, 4) is 0 Å². The monoisotopic (exact) mass is 113 g/mol. The van der Waals surface area contributed by atoms with E-state index >= 15 is 0 Å². The molecule has 0 aliphatic carbocycles. The van der Waals surface area contributed by atoms with E-state index in [1.165, 1.54) is 6.08 Å². The first kappa shape index (κ1) is 5.51. The Labute approximate surface area is 47.3 Å². The number of hydrogen-bond donors (Lipinski definition) is 1. The first-order valence-corrected chi connectivity index (χ1v) is 2.49. The van der Waals surface area contributed by atoms with Crippen LogP contribution in [0.4, 0.5) is 0 Å². The predicted molar refractivity (Wildman–Crippen MR) is 28.0 cm³/mol. The molecule has 1 aliphatic heterocycles. The maximum absolute atomic E-state index is 9.66. The van der Waals surface area contributed by atoms with E-state index in [-0.39, 0.29) is 6.23 Å². The Kier molecular flexibility index (Phi) is 1.80. The highest BCUT2D eigenvalue weighted by molar-refractivity contribution is 5.45. The van der Waals surface area contributed by atoms with Crippen molar-refractivity contribution >= 4 is 5.94 Å². The lowest BCUT2D eigenvalue weighted by Gasteiger charge is -1.97. The third kappa shape index (κ3) is 1.17. The topological polar surface area (TPSA) is 38.3 Å². The van der Waals surface area contributed by atoms with Gasteiger partial charge >= 0.3 is 0 Å². The molecular weight excluding hydrogens is 106 g/mol. The van der Waals surface area contributed by atoms with Crippen LogP contribution >= 0.6 is 0 Å². The lowest BCUT2D eigenvalue weighted by atomic mass is 10.5. The van der Waals surface area contributed by atoms with Crippen molar-refractivity contribution in [2.24, 2.45) is 0 Å². The summed E-state index contributed by atoms with van der Waals surface area (Å²) in [5.74, 6) is 1.65. The van der Waals surface area contributed by atoms with Gasteiger partial charge in [0.1, 0.15) is 12.2 Å². The Balaban J connectivity index is 2.35. The van der Waals surface area contributed by atoms with Gasteiger partial charge in [0.2, 0.25) is 0 Å². The Morgan fingerprint density at radius 3 is 3.25 bits per heavy atom. The number of ether oxygens (including phenoxy) is 1. The zero-order valence-corrected chi connectivity index (χ0v) is 4.39. The van der Waals surface area contributed by atoms with Gasteiger partial charge in [-0.3, -0.25) is 5.32 Å². The minimum Gasteiger partial charge on any atom is -0.358 e. The molecule has 1 rings (SSSR count). The Bertz CT molecular complexity index is 112. The number of nitrogens with one attached hydrogen (secondary N) is 1. The predicted octanol–water partition coefficient (Wildman–Crippen LogP) is -0.680. The van der Waals surface area contributed by atoms with Crippen LogP contribution in [0.3, 0.4) is 0 Å². The summed E-state index contributed by atoms with van der Waals surface area (Å²) in [4.78, 5) is 9.66. The largest absolute Gasteiger partial charge is 0.358 e. The van der Waals surface area contributed by atoms with Gasteiger partial charge in [-0.1, -0.05) is 0 Å². The van der Waals surface area contributed by atoms with Gasteiger partial charge in [-0.2, -0.15) is 0 Å². The summed E-state index contributed by atoms with van der Waals surface area (Å²) in [7, 11) is 0. The maximum Gasteiger partial charge on any atom is 0.138 e. The third-order valence-corrected chi connectivity index (χ3v) is 0.964. The zero-order valence-electron chi connectivity index (χ0n) is 4.39. The molecule has 8 heavy (non-hydrogen) atoms. The number of hydrogen-bond acceptors (Lipinski definition) is 3. The molecule has 1 heterocycles. The van der Waals surface area contributed by atoms with E-state index in [1.54, 1.807) is 5.94 Å². The standard InChI is InChI=1S/C5H7NO2/c7-3-1-5-6-2-4-8-5/h1,5-6H,2,4H2. The van der Waals surface area contributed by atoms with E-state index in [1.807, 2.05) is 0 Å².